The largest absolute Gasteiger partial charge is 0.357 e. The number of pyridine rings is 1. The first-order valence-corrected chi connectivity index (χ1v) is 31.6. The van der Waals surface area contributed by atoms with Crippen LogP contribution in [0.2, 0.25) is 10.0 Å². The van der Waals surface area contributed by atoms with Gasteiger partial charge in [-0.25, -0.2) is 13.4 Å². The number of anilines is 1. The topological polar surface area (TPSA) is 161 Å². The first kappa shape index (κ1) is 58.1. The minimum atomic E-state index is -3.60. The van der Waals surface area contributed by atoms with Crippen molar-refractivity contribution in [3.05, 3.63) is 93.6 Å². The van der Waals surface area contributed by atoms with Crippen LogP contribution < -0.4 is 10.2 Å². The fraction of sp³-hybridized carbons (Fsp3) is 0.639. The van der Waals surface area contributed by atoms with Crippen LogP contribution in [-0.2, 0) is 33.8 Å². The van der Waals surface area contributed by atoms with E-state index in [2.05, 4.69) is 20.0 Å². The van der Waals surface area contributed by atoms with Crippen molar-refractivity contribution in [1.82, 2.24) is 29.9 Å². The molecular formula is C61H83Cl2N7O7S. The number of likely N-dealkylation sites (tertiary alicyclic amines) is 4. The summed E-state index contributed by atoms with van der Waals surface area (Å²) in [5, 5.41) is 2.92. The molecule has 424 valence electrons. The van der Waals surface area contributed by atoms with Crippen LogP contribution in [0.1, 0.15) is 153 Å². The molecule has 6 aliphatic heterocycles. The summed E-state index contributed by atoms with van der Waals surface area (Å²) in [6.45, 7) is 17.0. The number of carbonyl (C=O) groups excluding carboxylic acids is 5. The van der Waals surface area contributed by atoms with Gasteiger partial charge in [-0.2, -0.15) is 0 Å². The van der Waals surface area contributed by atoms with Crippen molar-refractivity contribution < 1.29 is 32.4 Å². The monoisotopic (exact) mass is 1130 g/mol. The highest BCUT2D eigenvalue weighted by Crippen LogP contribution is 2.53. The fourth-order valence-corrected chi connectivity index (χ4v) is 15.5. The van der Waals surface area contributed by atoms with Crippen molar-refractivity contribution in [3.63, 3.8) is 0 Å². The van der Waals surface area contributed by atoms with Crippen molar-refractivity contribution >= 4 is 68.4 Å². The Bertz CT molecular complexity index is 2710. The smallest absolute Gasteiger partial charge is 0.234 e. The van der Waals surface area contributed by atoms with E-state index in [9.17, 15) is 27.6 Å². The number of piperidine rings is 6. The molecule has 0 radical (unpaired) electrons. The van der Waals surface area contributed by atoms with E-state index in [1.807, 2.05) is 74.2 Å². The van der Waals surface area contributed by atoms with E-state index in [1.165, 1.54) is 19.3 Å². The SMILES string of the molecule is CC(C)[C@H](CS(=O)(=O)C(C)C)N1C(=O)[C@](C)(CC(=O)N2CCC(C(=O)N3CCC(CC4CCN(CC5CCN(c6ccc(C7CCC(=O)NC7=O)cn6)CC5)CC4)CC3)CC2)C[C@@H](c2cccc(Cl)c2)[C@@H]1c1ccc(Cl)cc1. The lowest BCUT2D eigenvalue weighted by Crippen LogP contribution is -2.59. The zero-order valence-electron chi connectivity index (χ0n) is 46.6. The Labute approximate surface area is 473 Å². The van der Waals surface area contributed by atoms with Crippen molar-refractivity contribution in [1.29, 1.82) is 0 Å². The third-order valence-corrected chi connectivity index (χ3v) is 21.5. The summed E-state index contributed by atoms with van der Waals surface area (Å²) in [6.07, 6.45) is 12.3. The standard InChI is InChI=1S/C61H83Cl2N7O7S/c1-40(2)53(39-78(76,77)41(3)4)70-57(45-9-12-49(62)13-10-45)52(47-7-6-8-50(63)34-47)35-61(5,60(70)75)36-56(72)68-31-23-46(24-32-68)59(74)69-29-19-43(20-30-69)33-42-17-25-66(26-18-42)38-44-21-27-67(28-22-44)54-15-11-48(37-64-54)51-14-16-55(71)65-58(51)73/h6-13,15,34,37,40-44,46,51-53,57H,14,16-33,35-36,38-39H2,1-5H3,(H,65,71,73)/t51?,52-,53-,57-,61-/m0/s1. The molecular weight excluding hydrogens is 1050 g/mol. The van der Waals surface area contributed by atoms with Gasteiger partial charge in [0.2, 0.25) is 29.5 Å². The molecule has 78 heavy (non-hydrogen) atoms. The van der Waals surface area contributed by atoms with Gasteiger partial charge in [0.1, 0.15) is 5.82 Å². The molecule has 17 heteroatoms. The summed E-state index contributed by atoms with van der Waals surface area (Å²) in [5.74, 6) is 1.22. The number of nitrogens with zero attached hydrogens (tertiary/aromatic N) is 6. The number of imide groups is 1. The third-order valence-electron chi connectivity index (χ3n) is 18.7. The van der Waals surface area contributed by atoms with E-state index >= 15 is 4.79 Å². The summed E-state index contributed by atoms with van der Waals surface area (Å²) in [5.41, 5.74) is 1.45. The predicted octanol–water partition coefficient (Wildman–Crippen LogP) is 9.71. The maximum absolute atomic E-state index is 15.4. The molecule has 2 aromatic carbocycles. The summed E-state index contributed by atoms with van der Waals surface area (Å²) in [7, 11) is -3.60. The van der Waals surface area contributed by atoms with Crippen molar-refractivity contribution in [2.45, 2.75) is 147 Å². The number of hydrogen-bond acceptors (Lipinski definition) is 10. The molecule has 0 aliphatic carbocycles. The highest BCUT2D eigenvalue weighted by Gasteiger charge is 2.54. The van der Waals surface area contributed by atoms with Crippen LogP contribution in [0.4, 0.5) is 5.82 Å². The molecule has 1 aromatic heterocycles. The number of halogens is 2. The zero-order valence-corrected chi connectivity index (χ0v) is 48.9. The molecule has 1 unspecified atom stereocenters. The van der Waals surface area contributed by atoms with Crippen LogP contribution in [0.5, 0.6) is 0 Å². The molecule has 9 rings (SSSR count). The summed E-state index contributed by atoms with van der Waals surface area (Å²) in [4.78, 5) is 83.4. The predicted molar refractivity (Wildman–Crippen MR) is 307 cm³/mol. The van der Waals surface area contributed by atoms with Gasteiger partial charge in [0, 0.05) is 92.8 Å². The van der Waals surface area contributed by atoms with E-state index in [0.717, 1.165) is 99.9 Å². The second-order valence-corrected chi connectivity index (χ2v) is 28.3. The van der Waals surface area contributed by atoms with Crippen molar-refractivity contribution in [2.75, 3.05) is 69.6 Å². The number of carbonyl (C=O) groups is 5. The summed E-state index contributed by atoms with van der Waals surface area (Å²) < 4.78 is 27.5. The minimum Gasteiger partial charge on any atom is -0.357 e. The number of hydrogen-bond donors (Lipinski definition) is 1. The molecule has 6 fully saturated rings. The third kappa shape index (κ3) is 13.6. The number of benzene rings is 2. The molecule has 0 bridgehead atoms. The highest BCUT2D eigenvalue weighted by molar-refractivity contribution is 7.92. The lowest BCUT2D eigenvalue weighted by molar-refractivity contribution is -0.160. The van der Waals surface area contributed by atoms with E-state index < -0.39 is 32.6 Å². The Balaban J connectivity index is 0.736. The van der Waals surface area contributed by atoms with Gasteiger partial charge >= 0.3 is 0 Å². The Morgan fingerprint density at radius 2 is 1.36 bits per heavy atom. The van der Waals surface area contributed by atoms with Crippen LogP contribution in [-0.4, -0.2) is 138 Å². The van der Waals surface area contributed by atoms with E-state index in [0.29, 0.717) is 67.1 Å². The van der Waals surface area contributed by atoms with Crippen molar-refractivity contribution in [2.24, 2.45) is 35.0 Å². The normalized spacial score (nSPS) is 25.5. The van der Waals surface area contributed by atoms with Crippen LogP contribution >= 0.6 is 23.2 Å². The van der Waals surface area contributed by atoms with Crippen molar-refractivity contribution in [3.8, 4) is 0 Å². The number of sulfone groups is 1. The second-order valence-electron chi connectivity index (χ2n) is 24.8. The minimum absolute atomic E-state index is 0.0356. The van der Waals surface area contributed by atoms with Gasteiger partial charge in [-0.3, -0.25) is 29.3 Å². The lowest BCUT2D eigenvalue weighted by atomic mass is 9.66. The molecule has 3 aromatic rings. The van der Waals surface area contributed by atoms with Gasteiger partial charge in [-0.15, -0.1) is 0 Å². The quantitative estimate of drug-likeness (QED) is 0.137. The fourth-order valence-electron chi connectivity index (χ4n) is 13.8. The zero-order chi connectivity index (χ0) is 55.5. The number of amides is 5. The first-order chi connectivity index (χ1) is 37.2. The molecule has 5 amide bonds. The molecule has 0 spiro atoms. The van der Waals surface area contributed by atoms with E-state index in [1.54, 1.807) is 37.1 Å². The Morgan fingerprint density at radius 3 is 1.96 bits per heavy atom. The molecule has 1 N–H and O–H groups in total. The number of aromatic nitrogens is 1. The van der Waals surface area contributed by atoms with Gasteiger partial charge in [-0.1, -0.05) is 74.3 Å². The second kappa shape index (κ2) is 25.1. The molecule has 5 atom stereocenters. The van der Waals surface area contributed by atoms with Gasteiger partial charge in [0.05, 0.1) is 28.4 Å². The summed E-state index contributed by atoms with van der Waals surface area (Å²) in [6, 6.07) is 17.8. The molecule has 0 saturated carbocycles. The molecule has 14 nitrogen and oxygen atoms in total. The van der Waals surface area contributed by atoms with Crippen LogP contribution in [0, 0.1) is 35.0 Å². The maximum Gasteiger partial charge on any atom is 0.234 e. The highest BCUT2D eigenvalue weighted by atomic mass is 35.5. The lowest BCUT2D eigenvalue weighted by Gasteiger charge is -2.53. The average Bonchev–Trinajstić information content (AvgIpc) is 3.49. The maximum atomic E-state index is 15.4. The molecule has 7 heterocycles. The van der Waals surface area contributed by atoms with Gasteiger partial charge in [-0.05, 0) is 168 Å². The van der Waals surface area contributed by atoms with Crippen LogP contribution in [0.15, 0.2) is 66.9 Å². The molecule has 6 aliphatic rings. The number of rotatable bonds is 16. The number of nitrogens with one attached hydrogen (secondary N) is 1. The van der Waals surface area contributed by atoms with E-state index in [4.69, 9.17) is 28.2 Å². The van der Waals surface area contributed by atoms with Crippen LogP contribution in [0.25, 0.3) is 0 Å². The average molecular weight is 1130 g/mol. The van der Waals surface area contributed by atoms with Gasteiger partial charge < -0.3 is 24.5 Å². The van der Waals surface area contributed by atoms with Gasteiger partial charge in [0.25, 0.3) is 0 Å². The van der Waals surface area contributed by atoms with Gasteiger partial charge in [0.15, 0.2) is 9.84 Å². The summed E-state index contributed by atoms with van der Waals surface area (Å²) >= 11 is 13.0. The molecule has 6 saturated heterocycles. The van der Waals surface area contributed by atoms with E-state index in [-0.39, 0.29) is 65.4 Å². The Hall–Kier alpha value is -4.57. The first-order valence-electron chi connectivity index (χ1n) is 29.1. The Morgan fingerprint density at radius 1 is 0.731 bits per heavy atom. The van der Waals surface area contributed by atoms with Crippen LogP contribution in [0.3, 0.4) is 0 Å². The Kier molecular flexibility index (Phi) is 18.7.